The summed E-state index contributed by atoms with van der Waals surface area (Å²) in [4.78, 5) is 16.2. The lowest BCUT2D eigenvalue weighted by Gasteiger charge is -2.12. The number of nitrogens with zero attached hydrogens (tertiary/aromatic N) is 1. The molecule has 5 nitrogen and oxygen atoms in total. The van der Waals surface area contributed by atoms with Gasteiger partial charge < -0.3 is 15.8 Å². The second-order valence-electron chi connectivity index (χ2n) is 4.52. The maximum absolute atomic E-state index is 12.1. The molecule has 21 heavy (non-hydrogen) atoms. The molecule has 110 valence electrons. The van der Waals surface area contributed by atoms with Crippen LogP contribution in [0.4, 0.5) is 5.69 Å². The number of hydrogen-bond acceptors (Lipinski definition) is 4. The molecular weight excluding hydrogens is 290 g/mol. The molecule has 0 aliphatic carbocycles. The molecule has 1 aromatic heterocycles. The highest BCUT2D eigenvalue weighted by Crippen LogP contribution is 2.26. The number of hydrogen-bond donors (Lipinski definition) is 2. The molecule has 0 aliphatic rings. The first kappa shape index (κ1) is 15.1. The van der Waals surface area contributed by atoms with Crippen LogP contribution < -0.4 is 15.8 Å². The summed E-state index contributed by atoms with van der Waals surface area (Å²) in [6.45, 7) is 2.06. The number of amides is 1. The normalized spacial score (nSPS) is 10.2. The number of ether oxygens (including phenoxy) is 1. The number of halogens is 1. The SMILES string of the molecule is COc1cccc(Cl)c1CNC(=O)c1cnc(C)cc1N. The van der Waals surface area contributed by atoms with Crippen molar-refractivity contribution in [3.05, 3.63) is 52.3 Å². The molecule has 0 aliphatic heterocycles. The van der Waals surface area contributed by atoms with Gasteiger partial charge in [-0.1, -0.05) is 17.7 Å². The van der Waals surface area contributed by atoms with E-state index in [9.17, 15) is 4.79 Å². The average Bonchev–Trinajstić information content (AvgIpc) is 2.45. The lowest BCUT2D eigenvalue weighted by Crippen LogP contribution is -2.24. The van der Waals surface area contributed by atoms with Crippen molar-refractivity contribution in [3.8, 4) is 5.75 Å². The molecule has 0 radical (unpaired) electrons. The van der Waals surface area contributed by atoms with E-state index in [-0.39, 0.29) is 12.5 Å². The monoisotopic (exact) mass is 305 g/mol. The lowest BCUT2D eigenvalue weighted by molar-refractivity contribution is 0.0951. The fourth-order valence-electron chi connectivity index (χ4n) is 1.94. The maximum Gasteiger partial charge on any atom is 0.255 e. The van der Waals surface area contributed by atoms with Crippen molar-refractivity contribution in [2.75, 3.05) is 12.8 Å². The number of pyridine rings is 1. The molecule has 0 saturated heterocycles. The number of nitrogens with two attached hydrogens (primary N) is 1. The Morgan fingerprint density at radius 2 is 2.24 bits per heavy atom. The zero-order valence-corrected chi connectivity index (χ0v) is 12.6. The molecule has 0 spiro atoms. The summed E-state index contributed by atoms with van der Waals surface area (Å²) in [5.74, 6) is 0.319. The minimum atomic E-state index is -0.304. The standard InChI is InChI=1S/C15H16ClN3O2/c1-9-6-13(17)11(8-18-9)15(20)19-7-10-12(16)4-3-5-14(10)21-2/h3-6,8H,7H2,1-2H3,(H2,17,18)(H,19,20). The van der Waals surface area contributed by atoms with Gasteiger partial charge in [0.2, 0.25) is 0 Å². The number of aryl methyl sites for hydroxylation is 1. The fourth-order valence-corrected chi connectivity index (χ4v) is 2.17. The predicted octanol–water partition coefficient (Wildman–Crippen LogP) is 2.56. The summed E-state index contributed by atoms with van der Waals surface area (Å²) in [5.41, 5.74) is 8.04. The van der Waals surface area contributed by atoms with E-state index < -0.39 is 0 Å². The van der Waals surface area contributed by atoms with Crippen molar-refractivity contribution >= 4 is 23.2 Å². The first-order chi connectivity index (χ1) is 10.0. The van der Waals surface area contributed by atoms with Crippen molar-refractivity contribution in [2.24, 2.45) is 0 Å². The van der Waals surface area contributed by atoms with Crippen molar-refractivity contribution < 1.29 is 9.53 Å². The lowest BCUT2D eigenvalue weighted by atomic mass is 10.1. The minimum absolute atomic E-state index is 0.245. The first-order valence-electron chi connectivity index (χ1n) is 6.34. The number of benzene rings is 1. The molecule has 6 heteroatoms. The van der Waals surface area contributed by atoms with E-state index in [4.69, 9.17) is 22.1 Å². The van der Waals surface area contributed by atoms with Gasteiger partial charge in [0.15, 0.2) is 0 Å². The van der Waals surface area contributed by atoms with E-state index in [0.29, 0.717) is 27.6 Å². The van der Waals surface area contributed by atoms with Crippen LogP contribution in [0.15, 0.2) is 30.5 Å². The van der Waals surface area contributed by atoms with Crippen LogP contribution in [0.5, 0.6) is 5.75 Å². The molecule has 0 atom stereocenters. The van der Waals surface area contributed by atoms with Gasteiger partial charge in [0.1, 0.15) is 5.75 Å². The van der Waals surface area contributed by atoms with E-state index in [0.717, 1.165) is 5.69 Å². The van der Waals surface area contributed by atoms with Crippen LogP contribution in [-0.2, 0) is 6.54 Å². The third-order valence-corrected chi connectivity index (χ3v) is 3.39. The molecule has 2 rings (SSSR count). The van der Waals surface area contributed by atoms with Gasteiger partial charge in [-0.25, -0.2) is 0 Å². The maximum atomic E-state index is 12.1. The minimum Gasteiger partial charge on any atom is -0.496 e. The number of rotatable bonds is 4. The van der Waals surface area contributed by atoms with E-state index in [1.165, 1.54) is 6.20 Å². The van der Waals surface area contributed by atoms with Gasteiger partial charge >= 0.3 is 0 Å². The van der Waals surface area contributed by atoms with E-state index in [1.807, 2.05) is 6.92 Å². The van der Waals surface area contributed by atoms with E-state index >= 15 is 0 Å². The van der Waals surface area contributed by atoms with Gasteiger partial charge in [-0.3, -0.25) is 9.78 Å². The largest absolute Gasteiger partial charge is 0.496 e. The summed E-state index contributed by atoms with van der Waals surface area (Å²) in [6, 6.07) is 6.97. The zero-order chi connectivity index (χ0) is 15.4. The highest BCUT2D eigenvalue weighted by Gasteiger charge is 2.13. The third-order valence-electron chi connectivity index (χ3n) is 3.04. The smallest absolute Gasteiger partial charge is 0.255 e. The van der Waals surface area contributed by atoms with Gasteiger partial charge in [0.25, 0.3) is 5.91 Å². The number of carbonyl (C=O) groups is 1. The summed E-state index contributed by atoms with van der Waals surface area (Å²) in [5, 5.41) is 3.30. The summed E-state index contributed by atoms with van der Waals surface area (Å²) < 4.78 is 5.23. The summed E-state index contributed by atoms with van der Waals surface area (Å²) in [7, 11) is 1.55. The number of nitrogens with one attached hydrogen (secondary N) is 1. The van der Waals surface area contributed by atoms with Gasteiger partial charge in [0, 0.05) is 34.7 Å². The molecular formula is C15H16ClN3O2. The summed E-state index contributed by atoms with van der Waals surface area (Å²) in [6.07, 6.45) is 1.46. The molecule has 3 N–H and O–H groups in total. The van der Waals surface area contributed by atoms with Gasteiger partial charge in [0.05, 0.1) is 12.7 Å². The fraction of sp³-hybridized carbons (Fsp3) is 0.200. The van der Waals surface area contributed by atoms with Crippen molar-refractivity contribution in [1.82, 2.24) is 10.3 Å². The molecule has 1 heterocycles. The van der Waals surface area contributed by atoms with Gasteiger partial charge in [-0.2, -0.15) is 0 Å². The molecule has 0 bridgehead atoms. The van der Waals surface area contributed by atoms with Crippen LogP contribution in [0.25, 0.3) is 0 Å². The van der Waals surface area contributed by atoms with Crippen LogP contribution in [0.3, 0.4) is 0 Å². The molecule has 0 fully saturated rings. The van der Waals surface area contributed by atoms with Crippen molar-refractivity contribution in [3.63, 3.8) is 0 Å². The van der Waals surface area contributed by atoms with Gasteiger partial charge in [-0.15, -0.1) is 0 Å². The molecule has 0 saturated carbocycles. The average molecular weight is 306 g/mol. The zero-order valence-electron chi connectivity index (χ0n) is 11.8. The number of carbonyl (C=O) groups excluding carboxylic acids is 1. The Morgan fingerprint density at radius 1 is 1.48 bits per heavy atom. The number of anilines is 1. The Bertz CT molecular complexity index is 674. The van der Waals surface area contributed by atoms with Crippen LogP contribution in [0.1, 0.15) is 21.6 Å². The molecule has 2 aromatic rings. The topological polar surface area (TPSA) is 77.2 Å². The summed E-state index contributed by atoms with van der Waals surface area (Å²) >= 11 is 6.12. The second-order valence-corrected chi connectivity index (χ2v) is 4.92. The number of methoxy groups -OCH3 is 1. The van der Waals surface area contributed by atoms with Crippen molar-refractivity contribution in [1.29, 1.82) is 0 Å². The quantitative estimate of drug-likeness (QED) is 0.910. The van der Waals surface area contributed by atoms with Crippen molar-refractivity contribution in [2.45, 2.75) is 13.5 Å². The number of aromatic nitrogens is 1. The Labute approximate surface area is 128 Å². The highest BCUT2D eigenvalue weighted by atomic mass is 35.5. The Kier molecular flexibility index (Phi) is 4.65. The van der Waals surface area contributed by atoms with Crippen LogP contribution in [-0.4, -0.2) is 18.0 Å². The van der Waals surface area contributed by atoms with Crippen LogP contribution in [0.2, 0.25) is 5.02 Å². The highest BCUT2D eigenvalue weighted by molar-refractivity contribution is 6.31. The van der Waals surface area contributed by atoms with Gasteiger partial charge in [-0.05, 0) is 25.1 Å². The van der Waals surface area contributed by atoms with E-state index in [1.54, 1.807) is 31.4 Å². The molecule has 1 aromatic carbocycles. The second kappa shape index (κ2) is 6.45. The van der Waals surface area contributed by atoms with E-state index in [2.05, 4.69) is 10.3 Å². The van der Waals surface area contributed by atoms with Crippen LogP contribution >= 0.6 is 11.6 Å². The Hall–Kier alpha value is -2.27. The molecule has 1 amide bonds. The number of nitrogen functional groups attached to an aromatic ring is 1. The molecule has 0 unspecified atom stereocenters. The first-order valence-corrected chi connectivity index (χ1v) is 6.72. The Morgan fingerprint density at radius 3 is 2.90 bits per heavy atom. The predicted molar refractivity (Wildman–Crippen MR) is 82.6 cm³/mol. The Balaban J connectivity index is 2.15. The third kappa shape index (κ3) is 3.44. The van der Waals surface area contributed by atoms with Crippen LogP contribution in [0, 0.1) is 6.92 Å².